The lowest BCUT2D eigenvalue weighted by Gasteiger charge is -2.18. The lowest BCUT2D eigenvalue weighted by atomic mass is 10.1. The lowest BCUT2D eigenvalue weighted by molar-refractivity contribution is -0.129. The molecule has 0 aromatic rings. The number of rotatable bonds is 18. The van der Waals surface area contributed by atoms with Crippen molar-refractivity contribution in [2.45, 2.75) is 103 Å². The fourth-order valence-corrected chi connectivity index (χ4v) is 3.00. The van der Waals surface area contributed by atoms with Gasteiger partial charge in [0.25, 0.3) is 0 Å². The van der Waals surface area contributed by atoms with Crippen LogP contribution < -0.4 is 27.4 Å². The minimum Gasteiger partial charge on any atom is -0.355 e. The van der Waals surface area contributed by atoms with Crippen molar-refractivity contribution in [1.82, 2.24) is 16.0 Å². The molecule has 0 rings (SSSR count). The van der Waals surface area contributed by atoms with Crippen LogP contribution in [0.15, 0.2) is 0 Å². The minimum absolute atomic E-state index is 0.0438. The average Bonchev–Trinajstić information content (AvgIpc) is 2.62. The van der Waals surface area contributed by atoms with Crippen LogP contribution in [0.4, 0.5) is 0 Å². The Morgan fingerprint density at radius 2 is 1.44 bits per heavy atom. The van der Waals surface area contributed by atoms with Gasteiger partial charge in [-0.2, -0.15) is 0 Å². The maximum atomic E-state index is 12.2. The van der Waals surface area contributed by atoms with Crippen LogP contribution in [0.1, 0.15) is 90.9 Å². The van der Waals surface area contributed by atoms with Crippen molar-refractivity contribution in [3.63, 3.8) is 0 Å². The Morgan fingerprint density at radius 3 is 2.00 bits per heavy atom. The summed E-state index contributed by atoms with van der Waals surface area (Å²) in [4.78, 5) is 24.3. The van der Waals surface area contributed by atoms with Crippen LogP contribution in [0.2, 0.25) is 0 Å². The molecule has 2 amide bonds. The standard InChI is InChI=1S/C20H43N5O2/c1-3-5-6-7-8-9-10-11-12-15-18(26)25-17(19(27)23-4-2)14-13-16-24-20(21)22/h17,20,24H,3-16,21-22H2,1-2H3,(H,23,27)(H,25,26). The number of hydrogen-bond acceptors (Lipinski definition) is 5. The largest absolute Gasteiger partial charge is 0.355 e. The molecule has 0 aliphatic heterocycles. The highest BCUT2D eigenvalue weighted by atomic mass is 16.2. The highest BCUT2D eigenvalue weighted by Gasteiger charge is 2.19. The zero-order valence-electron chi connectivity index (χ0n) is 17.5. The molecule has 0 aliphatic carbocycles. The highest BCUT2D eigenvalue weighted by Crippen LogP contribution is 2.10. The molecular formula is C20H43N5O2. The van der Waals surface area contributed by atoms with E-state index in [0.717, 1.165) is 12.8 Å². The second-order valence-corrected chi connectivity index (χ2v) is 7.22. The summed E-state index contributed by atoms with van der Waals surface area (Å²) in [6, 6.07) is -0.494. The number of carbonyl (C=O) groups is 2. The van der Waals surface area contributed by atoms with Gasteiger partial charge in [-0.1, -0.05) is 58.3 Å². The molecule has 0 saturated heterocycles. The van der Waals surface area contributed by atoms with Gasteiger partial charge in [-0.25, -0.2) is 0 Å². The predicted molar refractivity (Wildman–Crippen MR) is 112 cm³/mol. The number of likely N-dealkylation sites (N-methyl/N-ethyl adjacent to an activating group) is 1. The molecule has 160 valence electrons. The minimum atomic E-state index is -0.561. The molecule has 0 fully saturated rings. The molecular weight excluding hydrogens is 342 g/mol. The highest BCUT2D eigenvalue weighted by molar-refractivity contribution is 5.87. The first kappa shape index (κ1) is 25.8. The maximum absolute atomic E-state index is 12.2. The first-order valence-corrected chi connectivity index (χ1v) is 10.8. The summed E-state index contributed by atoms with van der Waals surface area (Å²) in [7, 11) is 0. The second kappa shape index (κ2) is 18.2. The summed E-state index contributed by atoms with van der Waals surface area (Å²) in [6.07, 6.45) is 12.2. The molecule has 0 aromatic carbocycles. The number of amides is 2. The number of unbranched alkanes of at least 4 members (excludes halogenated alkanes) is 8. The monoisotopic (exact) mass is 385 g/mol. The molecule has 0 saturated carbocycles. The van der Waals surface area contributed by atoms with Gasteiger partial charge in [0.1, 0.15) is 12.3 Å². The van der Waals surface area contributed by atoms with Crippen molar-refractivity contribution in [1.29, 1.82) is 0 Å². The maximum Gasteiger partial charge on any atom is 0.242 e. The van der Waals surface area contributed by atoms with Gasteiger partial charge in [0.2, 0.25) is 11.8 Å². The van der Waals surface area contributed by atoms with E-state index in [1.165, 1.54) is 44.9 Å². The van der Waals surface area contributed by atoms with E-state index in [4.69, 9.17) is 11.5 Å². The summed E-state index contributed by atoms with van der Waals surface area (Å²) in [6.45, 7) is 5.26. The normalized spacial score (nSPS) is 12.2. The third kappa shape index (κ3) is 16.7. The van der Waals surface area contributed by atoms with Gasteiger partial charge < -0.3 is 22.1 Å². The lowest BCUT2D eigenvalue weighted by Crippen LogP contribution is -2.48. The molecule has 0 radical (unpaired) electrons. The van der Waals surface area contributed by atoms with E-state index in [0.29, 0.717) is 32.4 Å². The molecule has 7 heteroatoms. The van der Waals surface area contributed by atoms with E-state index in [-0.39, 0.29) is 11.8 Å². The van der Waals surface area contributed by atoms with Crippen molar-refractivity contribution in [2.75, 3.05) is 13.1 Å². The molecule has 0 spiro atoms. The molecule has 1 unspecified atom stereocenters. The third-order valence-corrected chi connectivity index (χ3v) is 4.56. The molecule has 0 aliphatic rings. The van der Waals surface area contributed by atoms with Crippen molar-refractivity contribution >= 4 is 11.8 Å². The predicted octanol–water partition coefficient (Wildman–Crippen LogP) is 2.10. The van der Waals surface area contributed by atoms with Crippen LogP contribution in [-0.4, -0.2) is 37.2 Å². The Balaban J connectivity index is 3.94. The summed E-state index contributed by atoms with van der Waals surface area (Å²) in [5, 5.41) is 8.56. The number of hydrogen-bond donors (Lipinski definition) is 5. The molecule has 1 atom stereocenters. The number of carbonyl (C=O) groups excluding carboxylic acids is 2. The Hall–Kier alpha value is -1.18. The van der Waals surface area contributed by atoms with Gasteiger partial charge in [0.05, 0.1) is 0 Å². The summed E-state index contributed by atoms with van der Waals surface area (Å²) in [5.74, 6) is -0.173. The Bertz CT molecular complexity index is 377. The van der Waals surface area contributed by atoms with E-state index < -0.39 is 12.3 Å². The molecule has 7 nitrogen and oxygen atoms in total. The van der Waals surface area contributed by atoms with E-state index in [1.807, 2.05) is 6.92 Å². The average molecular weight is 386 g/mol. The van der Waals surface area contributed by atoms with Crippen molar-refractivity contribution in [3.05, 3.63) is 0 Å². The molecule has 7 N–H and O–H groups in total. The van der Waals surface area contributed by atoms with Crippen LogP contribution in [0.25, 0.3) is 0 Å². The molecule has 27 heavy (non-hydrogen) atoms. The van der Waals surface area contributed by atoms with E-state index in [9.17, 15) is 9.59 Å². The zero-order chi connectivity index (χ0) is 20.3. The van der Waals surface area contributed by atoms with E-state index in [1.54, 1.807) is 0 Å². The summed E-state index contributed by atoms with van der Waals surface area (Å²) >= 11 is 0. The second-order valence-electron chi connectivity index (χ2n) is 7.22. The zero-order valence-corrected chi connectivity index (χ0v) is 17.5. The number of nitrogens with two attached hydrogens (primary N) is 2. The fourth-order valence-electron chi connectivity index (χ4n) is 3.00. The van der Waals surface area contributed by atoms with Crippen LogP contribution in [0, 0.1) is 0 Å². The third-order valence-electron chi connectivity index (χ3n) is 4.56. The summed E-state index contributed by atoms with van der Waals surface area (Å²) in [5.41, 5.74) is 10.9. The van der Waals surface area contributed by atoms with Gasteiger partial charge in [0.15, 0.2) is 0 Å². The molecule has 0 aromatic heterocycles. The first-order chi connectivity index (χ1) is 13.0. The SMILES string of the molecule is CCCCCCCCCCCC(=O)NC(CCCNC(N)N)C(=O)NCC. The first-order valence-electron chi connectivity index (χ1n) is 10.8. The summed E-state index contributed by atoms with van der Waals surface area (Å²) < 4.78 is 0. The quantitative estimate of drug-likeness (QED) is 0.183. The Kier molecular flexibility index (Phi) is 17.4. The van der Waals surface area contributed by atoms with Gasteiger partial charge in [-0.05, 0) is 32.7 Å². The fraction of sp³-hybridized carbons (Fsp3) is 0.900. The smallest absolute Gasteiger partial charge is 0.242 e. The number of nitrogens with one attached hydrogen (secondary N) is 3. The molecule has 0 heterocycles. The molecule has 0 bridgehead atoms. The van der Waals surface area contributed by atoms with Gasteiger partial charge in [-0.15, -0.1) is 0 Å². The van der Waals surface area contributed by atoms with Crippen LogP contribution >= 0.6 is 0 Å². The van der Waals surface area contributed by atoms with Crippen molar-refractivity contribution < 1.29 is 9.59 Å². The van der Waals surface area contributed by atoms with E-state index >= 15 is 0 Å². The van der Waals surface area contributed by atoms with Crippen molar-refractivity contribution in [3.8, 4) is 0 Å². The van der Waals surface area contributed by atoms with Crippen LogP contribution in [-0.2, 0) is 9.59 Å². The van der Waals surface area contributed by atoms with Crippen molar-refractivity contribution in [2.24, 2.45) is 11.5 Å². The van der Waals surface area contributed by atoms with E-state index in [2.05, 4.69) is 22.9 Å². The van der Waals surface area contributed by atoms with Gasteiger partial charge in [-0.3, -0.25) is 14.9 Å². The topological polar surface area (TPSA) is 122 Å². The van der Waals surface area contributed by atoms with Gasteiger partial charge >= 0.3 is 0 Å². The van der Waals surface area contributed by atoms with Gasteiger partial charge in [0, 0.05) is 13.0 Å². The van der Waals surface area contributed by atoms with Crippen LogP contribution in [0.3, 0.4) is 0 Å². The van der Waals surface area contributed by atoms with Crippen LogP contribution in [0.5, 0.6) is 0 Å². The Morgan fingerprint density at radius 1 is 0.852 bits per heavy atom. The Labute approximate surface area is 165 Å².